The third-order valence-corrected chi connectivity index (χ3v) is 7.23. The first kappa shape index (κ1) is 26.6. The molecule has 1 heterocycles. The van der Waals surface area contributed by atoms with Gasteiger partial charge in [-0.1, -0.05) is 67.2 Å². The summed E-state index contributed by atoms with van der Waals surface area (Å²) >= 11 is 0. The SMILES string of the molecule is C=CC(=N)/C=C(/C)Nc1ccc(Cc2ccc(-c3ccc(CN4CCC(N(C)C)CC4)cc3)cc2)cc1. The standard InChI is InChI=1S/C33H40N4/c1-5-31(34)22-25(2)35-32-16-10-27(11-17-32)23-26-6-12-29(13-7-26)30-14-8-28(9-15-30)24-37-20-18-33(19-21-37)36(3)4/h5-17,22,33-35H,1,18-21,23-24H2,2-4H3/b25-22-,34-31?. The van der Waals surface area contributed by atoms with Gasteiger partial charge < -0.3 is 15.6 Å². The first-order valence-electron chi connectivity index (χ1n) is 13.2. The quantitative estimate of drug-likeness (QED) is 0.300. The van der Waals surface area contributed by atoms with Crippen LogP contribution in [0.15, 0.2) is 97.2 Å². The maximum absolute atomic E-state index is 7.70. The molecule has 0 aliphatic carbocycles. The van der Waals surface area contributed by atoms with Gasteiger partial charge in [-0.3, -0.25) is 4.90 Å². The van der Waals surface area contributed by atoms with Gasteiger partial charge in [0.1, 0.15) is 0 Å². The number of hydrogen-bond donors (Lipinski definition) is 2. The monoisotopic (exact) mass is 492 g/mol. The zero-order chi connectivity index (χ0) is 26.2. The number of rotatable bonds is 10. The van der Waals surface area contributed by atoms with Crippen LogP contribution in [0.2, 0.25) is 0 Å². The van der Waals surface area contributed by atoms with Crippen LogP contribution in [0.1, 0.15) is 36.5 Å². The number of likely N-dealkylation sites (tertiary alicyclic amines) is 1. The highest BCUT2D eigenvalue weighted by molar-refractivity contribution is 6.01. The van der Waals surface area contributed by atoms with Crippen LogP contribution in [0.4, 0.5) is 5.69 Å². The van der Waals surface area contributed by atoms with Crippen LogP contribution in [-0.4, -0.2) is 48.7 Å². The highest BCUT2D eigenvalue weighted by Gasteiger charge is 2.20. The molecule has 192 valence electrons. The lowest BCUT2D eigenvalue weighted by Gasteiger charge is -2.35. The predicted molar refractivity (Wildman–Crippen MR) is 158 cm³/mol. The number of piperidine rings is 1. The number of allylic oxidation sites excluding steroid dienone is 3. The molecule has 0 atom stereocenters. The normalized spacial score (nSPS) is 15.1. The van der Waals surface area contributed by atoms with Gasteiger partial charge in [-0.15, -0.1) is 0 Å². The van der Waals surface area contributed by atoms with Gasteiger partial charge in [0.25, 0.3) is 0 Å². The van der Waals surface area contributed by atoms with E-state index in [1.807, 2.05) is 6.92 Å². The summed E-state index contributed by atoms with van der Waals surface area (Å²) < 4.78 is 0. The zero-order valence-corrected chi connectivity index (χ0v) is 22.5. The molecule has 1 saturated heterocycles. The molecule has 0 aromatic heterocycles. The van der Waals surface area contributed by atoms with Crippen LogP contribution < -0.4 is 5.32 Å². The molecule has 0 saturated carbocycles. The van der Waals surface area contributed by atoms with Crippen LogP contribution in [0, 0.1) is 5.41 Å². The van der Waals surface area contributed by atoms with Crippen molar-refractivity contribution in [2.24, 2.45) is 0 Å². The number of benzene rings is 3. The van der Waals surface area contributed by atoms with Crippen molar-refractivity contribution in [3.8, 4) is 11.1 Å². The minimum atomic E-state index is 0.400. The average Bonchev–Trinajstić information content (AvgIpc) is 2.91. The Balaban J connectivity index is 1.30. The Bertz CT molecular complexity index is 1200. The Hall–Kier alpha value is -3.47. The summed E-state index contributed by atoms with van der Waals surface area (Å²) in [5.41, 5.74) is 8.84. The number of nitrogens with one attached hydrogen (secondary N) is 2. The molecular formula is C33H40N4. The van der Waals surface area contributed by atoms with Crippen molar-refractivity contribution >= 4 is 11.4 Å². The molecule has 4 nitrogen and oxygen atoms in total. The van der Waals surface area contributed by atoms with Crippen molar-refractivity contribution in [3.63, 3.8) is 0 Å². The van der Waals surface area contributed by atoms with E-state index in [-0.39, 0.29) is 0 Å². The van der Waals surface area contributed by atoms with Gasteiger partial charge >= 0.3 is 0 Å². The van der Waals surface area contributed by atoms with E-state index < -0.39 is 0 Å². The molecule has 0 spiro atoms. The molecule has 4 rings (SSSR count). The molecule has 37 heavy (non-hydrogen) atoms. The van der Waals surface area contributed by atoms with Gasteiger partial charge in [-0.25, -0.2) is 0 Å². The summed E-state index contributed by atoms with van der Waals surface area (Å²) in [5, 5.41) is 11.0. The Labute approximate surface area is 222 Å². The first-order chi connectivity index (χ1) is 17.9. The lowest BCUT2D eigenvalue weighted by molar-refractivity contribution is 0.140. The van der Waals surface area contributed by atoms with E-state index in [1.165, 1.54) is 59.8 Å². The highest BCUT2D eigenvalue weighted by Crippen LogP contribution is 2.23. The number of nitrogens with zero attached hydrogens (tertiary/aromatic N) is 2. The second-order valence-corrected chi connectivity index (χ2v) is 10.4. The van der Waals surface area contributed by atoms with Crippen molar-refractivity contribution in [2.45, 2.75) is 38.8 Å². The second kappa shape index (κ2) is 12.7. The van der Waals surface area contributed by atoms with E-state index in [2.05, 4.69) is 109 Å². The highest BCUT2D eigenvalue weighted by atomic mass is 15.2. The maximum Gasteiger partial charge on any atom is 0.0551 e. The third-order valence-electron chi connectivity index (χ3n) is 7.23. The molecule has 0 amide bonds. The van der Waals surface area contributed by atoms with Crippen LogP contribution in [0.3, 0.4) is 0 Å². The molecule has 3 aromatic rings. The van der Waals surface area contributed by atoms with E-state index in [4.69, 9.17) is 5.41 Å². The summed E-state index contributed by atoms with van der Waals surface area (Å²) in [7, 11) is 4.39. The van der Waals surface area contributed by atoms with Gasteiger partial charge in [0.05, 0.1) is 5.71 Å². The second-order valence-electron chi connectivity index (χ2n) is 10.4. The molecule has 2 N–H and O–H groups in total. The lowest BCUT2D eigenvalue weighted by Crippen LogP contribution is -2.41. The molecule has 1 aliphatic rings. The molecule has 0 radical (unpaired) electrons. The summed E-state index contributed by atoms with van der Waals surface area (Å²) in [6.07, 6.45) is 6.73. The molecule has 3 aromatic carbocycles. The van der Waals surface area contributed by atoms with E-state index in [1.54, 1.807) is 6.08 Å². The summed E-state index contributed by atoms with van der Waals surface area (Å²) in [4.78, 5) is 4.95. The first-order valence-corrected chi connectivity index (χ1v) is 13.2. The van der Waals surface area contributed by atoms with Gasteiger partial charge in [0.2, 0.25) is 0 Å². The molecular weight excluding hydrogens is 452 g/mol. The Morgan fingerprint density at radius 3 is 1.92 bits per heavy atom. The number of anilines is 1. The molecule has 0 bridgehead atoms. The van der Waals surface area contributed by atoms with Crippen molar-refractivity contribution < 1.29 is 0 Å². The summed E-state index contributed by atoms with van der Waals surface area (Å²) in [6, 6.07) is 27.2. The van der Waals surface area contributed by atoms with Crippen LogP contribution in [0.5, 0.6) is 0 Å². The van der Waals surface area contributed by atoms with Crippen LogP contribution in [-0.2, 0) is 13.0 Å². The van der Waals surface area contributed by atoms with Gasteiger partial charge in [-0.05, 0) is 105 Å². The smallest absolute Gasteiger partial charge is 0.0551 e. The minimum Gasteiger partial charge on any atom is -0.359 e. The Kier molecular flexibility index (Phi) is 9.10. The topological polar surface area (TPSA) is 42.4 Å². The predicted octanol–water partition coefficient (Wildman–Crippen LogP) is 6.99. The van der Waals surface area contributed by atoms with Crippen molar-refractivity contribution in [1.82, 2.24) is 9.80 Å². The van der Waals surface area contributed by atoms with Crippen molar-refractivity contribution in [3.05, 3.63) is 114 Å². The molecule has 1 fully saturated rings. The van der Waals surface area contributed by atoms with Crippen molar-refractivity contribution in [1.29, 1.82) is 5.41 Å². The largest absolute Gasteiger partial charge is 0.359 e. The average molecular weight is 493 g/mol. The lowest BCUT2D eigenvalue weighted by atomic mass is 9.99. The van der Waals surface area contributed by atoms with Crippen LogP contribution in [0.25, 0.3) is 11.1 Å². The van der Waals surface area contributed by atoms with E-state index in [0.717, 1.165) is 30.4 Å². The zero-order valence-electron chi connectivity index (χ0n) is 22.5. The van der Waals surface area contributed by atoms with Crippen molar-refractivity contribution in [2.75, 3.05) is 32.5 Å². The fourth-order valence-electron chi connectivity index (χ4n) is 4.97. The van der Waals surface area contributed by atoms with E-state index in [0.29, 0.717) is 5.71 Å². The fraction of sp³-hybridized carbons (Fsp3) is 0.303. The minimum absolute atomic E-state index is 0.400. The van der Waals surface area contributed by atoms with Gasteiger partial charge in [-0.2, -0.15) is 0 Å². The maximum atomic E-state index is 7.70. The van der Waals surface area contributed by atoms with E-state index >= 15 is 0 Å². The Morgan fingerprint density at radius 2 is 1.41 bits per heavy atom. The number of hydrogen-bond acceptors (Lipinski definition) is 4. The van der Waals surface area contributed by atoms with E-state index in [9.17, 15) is 0 Å². The molecule has 0 unspecified atom stereocenters. The molecule has 4 heteroatoms. The molecule has 1 aliphatic heterocycles. The fourth-order valence-corrected chi connectivity index (χ4v) is 4.97. The third kappa shape index (κ3) is 7.75. The van der Waals surface area contributed by atoms with Crippen LogP contribution >= 0.6 is 0 Å². The Morgan fingerprint density at radius 1 is 0.892 bits per heavy atom. The van der Waals surface area contributed by atoms with Gasteiger partial charge in [0.15, 0.2) is 0 Å². The summed E-state index contributed by atoms with van der Waals surface area (Å²) in [6.45, 7) is 8.99. The summed E-state index contributed by atoms with van der Waals surface area (Å²) in [5.74, 6) is 0. The van der Waals surface area contributed by atoms with Gasteiger partial charge in [0, 0.05) is 24.0 Å².